The fourth-order valence-electron chi connectivity index (χ4n) is 2.49. The molecule has 0 aliphatic carbocycles. The SMILES string of the molecule is CC1Cc2nn3c(c2CN1C)C(=O)NCC3. The van der Waals surface area contributed by atoms with Crippen LogP contribution in [0.4, 0.5) is 0 Å². The average Bonchev–Trinajstić information content (AvgIpc) is 2.58. The second-order valence-electron chi connectivity index (χ2n) is 4.72. The van der Waals surface area contributed by atoms with Crippen molar-refractivity contribution in [1.82, 2.24) is 20.0 Å². The number of nitrogens with zero attached hydrogens (tertiary/aromatic N) is 3. The lowest BCUT2D eigenvalue weighted by Crippen LogP contribution is -2.38. The quantitative estimate of drug-likeness (QED) is 0.669. The molecule has 0 aromatic carbocycles. The molecule has 0 saturated carbocycles. The molecule has 2 aliphatic rings. The van der Waals surface area contributed by atoms with Crippen LogP contribution < -0.4 is 5.32 Å². The molecule has 3 heterocycles. The number of aromatic nitrogens is 2. The number of amides is 1. The van der Waals surface area contributed by atoms with E-state index in [9.17, 15) is 4.79 Å². The van der Waals surface area contributed by atoms with Gasteiger partial charge in [0.05, 0.1) is 12.2 Å². The van der Waals surface area contributed by atoms with Gasteiger partial charge < -0.3 is 5.32 Å². The van der Waals surface area contributed by atoms with Crippen LogP contribution in [0.3, 0.4) is 0 Å². The fourth-order valence-corrected chi connectivity index (χ4v) is 2.49. The van der Waals surface area contributed by atoms with Gasteiger partial charge in [0.2, 0.25) is 0 Å². The van der Waals surface area contributed by atoms with E-state index in [1.165, 1.54) is 0 Å². The molecule has 0 radical (unpaired) electrons. The third-order valence-electron chi connectivity index (χ3n) is 3.61. The van der Waals surface area contributed by atoms with E-state index in [2.05, 4.69) is 29.3 Å². The summed E-state index contributed by atoms with van der Waals surface area (Å²) in [5.74, 6) is 0.0305. The second kappa shape index (κ2) is 3.31. The second-order valence-corrected chi connectivity index (χ2v) is 4.72. The maximum absolute atomic E-state index is 11.8. The summed E-state index contributed by atoms with van der Waals surface area (Å²) >= 11 is 0. The third kappa shape index (κ3) is 1.28. The first-order chi connectivity index (χ1) is 7.66. The molecule has 3 rings (SSSR count). The Morgan fingerprint density at radius 3 is 3.12 bits per heavy atom. The summed E-state index contributed by atoms with van der Waals surface area (Å²) in [5.41, 5.74) is 3.01. The molecule has 1 aromatic rings. The Kier molecular flexibility index (Phi) is 2.04. The van der Waals surface area contributed by atoms with Gasteiger partial charge in [-0.15, -0.1) is 0 Å². The molecule has 1 N–H and O–H groups in total. The van der Waals surface area contributed by atoms with Gasteiger partial charge in [0.25, 0.3) is 5.91 Å². The minimum Gasteiger partial charge on any atom is -0.349 e. The normalized spacial score (nSPS) is 24.9. The molecule has 16 heavy (non-hydrogen) atoms. The summed E-state index contributed by atoms with van der Waals surface area (Å²) < 4.78 is 1.87. The summed E-state index contributed by atoms with van der Waals surface area (Å²) in [4.78, 5) is 14.1. The summed E-state index contributed by atoms with van der Waals surface area (Å²) in [5, 5.41) is 7.44. The Balaban J connectivity index is 2.10. The van der Waals surface area contributed by atoms with E-state index < -0.39 is 0 Å². The van der Waals surface area contributed by atoms with E-state index in [4.69, 9.17) is 0 Å². The Morgan fingerprint density at radius 2 is 2.31 bits per heavy atom. The number of fused-ring (bicyclic) bond motifs is 3. The summed E-state index contributed by atoms with van der Waals surface area (Å²) in [6, 6.07) is 0.507. The zero-order valence-electron chi connectivity index (χ0n) is 9.66. The van der Waals surface area contributed by atoms with E-state index >= 15 is 0 Å². The first-order valence-electron chi connectivity index (χ1n) is 5.74. The van der Waals surface area contributed by atoms with Crippen molar-refractivity contribution in [3.63, 3.8) is 0 Å². The number of nitrogens with one attached hydrogen (secondary N) is 1. The molecule has 1 unspecified atom stereocenters. The van der Waals surface area contributed by atoms with Crippen LogP contribution in [0.5, 0.6) is 0 Å². The van der Waals surface area contributed by atoms with Gasteiger partial charge in [0, 0.05) is 31.1 Å². The van der Waals surface area contributed by atoms with Crippen LogP contribution in [-0.2, 0) is 19.5 Å². The summed E-state index contributed by atoms with van der Waals surface area (Å²) in [6.07, 6.45) is 0.944. The summed E-state index contributed by atoms with van der Waals surface area (Å²) in [7, 11) is 2.10. The smallest absolute Gasteiger partial charge is 0.269 e. The lowest BCUT2D eigenvalue weighted by Gasteiger charge is -2.29. The van der Waals surface area contributed by atoms with Crippen molar-refractivity contribution < 1.29 is 4.79 Å². The molecule has 2 aliphatic heterocycles. The maximum Gasteiger partial charge on any atom is 0.269 e. The minimum atomic E-state index is 0.0305. The van der Waals surface area contributed by atoms with Crippen molar-refractivity contribution in [1.29, 1.82) is 0 Å². The van der Waals surface area contributed by atoms with Crippen LogP contribution >= 0.6 is 0 Å². The van der Waals surface area contributed by atoms with Crippen LogP contribution in [0.25, 0.3) is 0 Å². The van der Waals surface area contributed by atoms with Crippen molar-refractivity contribution in [2.45, 2.75) is 32.5 Å². The molecule has 0 spiro atoms. The molecular formula is C11H16N4O. The van der Waals surface area contributed by atoms with E-state index in [-0.39, 0.29) is 5.91 Å². The number of likely N-dealkylation sites (N-methyl/N-ethyl adjacent to an activating group) is 1. The highest BCUT2D eigenvalue weighted by molar-refractivity contribution is 5.94. The number of rotatable bonds is 0. The Bertz CT molecular complexity index is 451. The van der Waals surface area contributed by atoms with Gasteiger partial charge in [-0.3, -0.25) is 14.4 Å². The number of carbonyl (C=O) groups is 1. The lowest BCUT2D eigenvalue weighted by molar-refractivity contribution is 0.0921. The van der Waals surface area contributed by atoms with Crippen molar-refractivity contribution in [3.8, 4) is 0 Å². The van der Waals surface area contributed by atoms with E-state index in [0.717, 1.165) is 36.5 Å². The molecule has 0 saturated heterocycles. The highest BCUT2D eigenvalue weighted by Crippen LogP contribution is 2.25. The predicted molar refractivity (Wildman–Crippen MR) is 59.2 cm³/mol. The standard InChI is InChI=1S/C11H16N4O/c1-7-5-9-8(6-14(7)2)10-11(16)12-3-4-15(10)13-9/h7H,3-6H2,1-2H3,(H,12,16). The van der Waals surface area contributed by atoms with Crippen LogP contribution in [0.2, 0.25) is 0 Å². The predicted octanol–water partition coefficient (Wildman–Crippen LogP) is 0.00290. The molecular weight excluding hydrogens is 204 g/mol. The van der Waals surface area contributed by atoms with Gasteiger partial charge in [0.15, 0.2) is 0 Å². The van der Waals surface area contributed by atoms with Crippen LogP contribution in [0.15, 0.2) is 0 Å². The zero-order valence-corrected chi connectivity index (χ0v) is 9.66. The average molecular weight is 220 g/mol. The Morgan fingerprint density at radius 1 is 1.50 bits per heavy atom. The Hall–Kier alpha value is -1.36. The van der Waals surface area contributed by atoms with Crippen molar-refractivity contribution >= 4 is 5.91 Å². The topological polar surface area (TPSA) is 50.2 Å². The van der Waals surface area contributed by atoms with E-state index in [1.807, 2.05) is 4.68 Å². The third-order valence-corrected chi connectivity index (χ3v) is 3.61. The first kappa shape index (κ1) is 9.84. The highest BCUT2D eigenvalue weighted by Gasteiger charge is 2.31. The molecule has 1 atom stereocenters. The molecule has 1 aromatic heterocycles. The fraction of sp³-hybridized carbons (Fsp3) is 0.636. The van der Waals surface area contributed by atoms with Gasteiger partial charge in [-0.2, -0.15) is 5.10 Å². The largest absolute Gasteiger partial charge is 0.349 e. The van der Waals surface area contributed by atoms with Crippen molar-refractivity contribution in [2.75, 3.05) is 13.6 Å². The van der Waals surface area contributed by atoms with Crippen molar-refractivity contribution in [3.05, 3.63) is 17.0 Å². The number of carbonyl (C=O) groups excluding carboxylic acids is 1. The van der Waals surface area contributed by atoms with E-state index in [0.29, 0.717) is 12.6 Å². The lowest BCUT2D eigenvalue weighted by atomic mass is 10.00. The number of hydrogen-bond donors (Lipinski definition) is 1. The summed E-state index contributed by atoms with van der Waals surface area (Å²) in [6.45, 7) is 4.52. The van der Waals surface area contributed by atoms with Crippen molar-refractivity contribution in [2.24, 2.45) is 0 Å². The molecule has 5 nitrogen and oxygen atoms in total. The molecule has 5 heteroatoms. The van der Waals surface area contributed by atoms with E-state index in [1.54, 1.807) is 0 Å². The van der Waals surface area contributed by atoms with Gasteiger partial charge in [-0.05, 0) is 14.0 Å². The first-order valence-corrected chi connectivity index (χ1v) is 5.74. The van der Waals surface area contributed by atoms with Gasteiger partial charge in [0.1, 0.15) is 5.69 Å². The van der Waals surface area contributed by atoms with Crippen LogP contribution in [0.1, 0.15) is 28.7 Å². The zero-order chi connectivity index (χ0) is 11.3. The molecule has 86 valence electrons. The van der Waals surface area contributed by atoms with Crippen LogP contribution in [0, 0.1) is 0 Å². The van der Waals surface area contributed by atoms with Gasteiger partial charge in [-0.25, -0.2) is 0 Å². The molecule has 0 fully saturated rings. The highest BCUT2D eigenvalue weighted by atomic mass is 16.2. The molecule has 1 amide bonds. The Labute approximate surface area is 94.4 Å². The number of hydrogen-bond acceptors (Lipinski definition) is 3. The molecule has 0 bridgehead atoms. The maximum atomic E-state index is 11.8. The monoisotopic (exact) mass is 220 g/mol. The van der Waals surface area contributed by atoms with Gasteiger partial charge in [-0.1, -0.05) is 0 Å². The van der Waals surface area contributed by atoms with Gasteiger partial charge >= 0.3 is 0 Å². The minimum absolute atomic E-state index is 0.0305. The van der Waals surface area contributed by atoms with Crippen LogP contribution in [-0.4, -0.2) is 40.2 Å².